The Labute approximate surface area is 165 Å². The molecule has 1 atom stereocenters. The van der Waals surface area contributed by atoms with E-state index in [9.17, 15) is 9.59 Å². The van der Waals surface area contributed by atoms with Crippen LogP contribution in [0.2, 0.25) is 5.02 Å². The lowest BCUT2D eigenvalue weighted by atomic mass is 9.85. The van der Waals surface area contributed by atoms with Crippen LogP contribution >= 0.6 is 11.6 Å². The second kappa shape index (κ2) is 7.35. The summed E-state index contributed by atoms with van der Waals surface area (Å²) in [5.41, 5.74) is 3.49. The van der Waals surface area contributed by atoms with Crippen molar-refractivity contribution in [1.29, 1.82) is 0 Å². The number of nitrogens with one attached hydrogen (secondary N) is 1. The average Bonchev–Trinajstić information content (AvgIpc) is 2.99. The van der Waals surface area contributed by atoms with Crippen molar-refractivity contribution in [3.63, 3.8) is 0 Å². The van der Waals surface area contributed by atoms with Crippen molar-refractivity contribution < 1.29 is 9.59 Å². The Morgan fingerprint density at radius 3 is 2.56 bits per heavy atom. The molecule has 1 aliphatic heterocycles. The molecule has 0 aromatic heterocycles. The molecule has 0 aliphatic carbocycles. The van der Waals surface area contributed by atoms with Gasteiger partial charge >= 0.3 is 0 Å². The van der Waals surface area contributed by atoms with Gasteiger partial charge in [-0.1, -0.05) is 56.6 Å². The number of nitrogens with zero attached hydrogens (tertiary/aromatic N) is 1. The Hall–Kier alpha value is -2.33. The lowest BCUT2D eigenvalue weighted by Crippen LogP contribution is -2.29. The molecular weight excluding hydrogens is 360 g/mol. The van der Waals surface area contributed by atoms with E-state index in [1.807, 2.05) is 43.3 Å². The number of hydrogen-bond donors (Lipinski definition) is 1. The summed E-state index contributed by atoms with van der Waals surface area (Å²) in [6, 6.07) is 13.3. The predicted octanol–water partition coefficient (Wildman–Crippen LogP) is 4.94. The highest BCUT2D eigenvalue weighted by Gasteiger charge is 2.35. The molecule has 0 unspecified atom stereocenters. The van der Waals surface area contributed by atoms with Crippen LogP contribution in [0.4, 0.5) is 11.4 Å². The standard InChI is InChI=1S/C22H25ClN2O2/c1-14-9-10-16(12-18(14)23)25-13-15(11-20(25)26)21(27)24-19-8-6-5-7-17(19)22(2,3)4/h5-10,12,15H,11,13H2,1-4H3,(H,24,27)/t15-/m1/s1. The lowest BCUT2D eigenvalue weighted by molar-refractivity contribution is -0.122. The minimum absolute atomic E-state index is 0.0563. The van der Waals surface area contributed by atoms with Crippen molar-refractivity contribution in [2.75, 3.05) is 16.8 Å². The van der Waals surface area contributed by atoms with E-state index >= 15 is 0 Å². The molecule has 1 heterocycles. The predicted molar refractivity (Wildman–Crippen MR) is 110 cm³/mol. The summed E-state index contributed by atoms with van der Waals surface area (Å²) in [4.78, 5) is 26.9. The summed E-state index contributed by atoms with van der Waals surface area (Å²) >= 11 is 6.19. The second-order valence-corrected chi connectivity index (χ2v) is 8.53. The number of halogens is 1. The van der Waals surface area contributed by atoms with Crippen molar-refractivity contribution in [3.05, 3.63) is 58.6 Å². The monoisotopic (exact) mass is 384 g/mol. The maximum absolute atomic E-state index is 12.8. The zero-order valence-corrected chi connectivity index (χ0v) is 16.9. The molecule has 1 N–H and O–H groups in total. The van der Waals surface area contributed by atoms with E-state index in [1.165, 1.54) is 0 Å². The number of benzene rings is 2. The Kier molecular flexibility index (Phi) is 5.29. The van der Waals surface area contributed by atoms with Gasteiger partial charge in [0.1, 0.15) is 0 Å². The van der Waals surface area contributed by atoms with Gasteiger partial charge in [-0.3, -0.25) is 9.59 Å². The zero-order chi connectivity index (χ0) is 19.8. The molecule has 0 saturated carbocycles. The first-order valence-electron chi connectivity index (χ1n) is 9.13. The summed E-state index contributed by atoms with van der Waals surface area (Å²) in [6.45, 7) is 8.61. The molecule has 4 nitrogen and oxygen atoms in total. The highest BCUT2D eigenvalue weighted by Crippen LogP contribution is 2.32. The van der Waals surface area contributed by atoms with Crippen LogP contribution in [0.3, 0.4) is 0 Å². The molecule has 2 aromatic carbocycles. The van der Waals surface area contributed by atoms with Gasteiger partial charge in [-0.05, 0) is 41.7 Å². The molecule has 142 valence electrons. The SMILES string of the molecule is Cc1ccc(N2C[C@H](C(=O)Nc3ccccc3C(C)(C)C)CC2=O)cc1Cl. The van der Waals surface area contributed by atoms with Crippen LogP contribution in [0.25, 0.3) is 0 Å². The van der Waals surface area contributed by atoms with Gasteiger partial charge in [0.25, 0.3) is 0 Å². The largest absolute Gasteiger partial charge is 0.326 e. The van der Waals surface area contributed by atoms with Gasteiger partial charge in [-0.2, -0.15) is 0 Å². The molecule has 2 amide bonds. The van der Waals surface area contributed by atoms with E-state index in [4.69, 9.17) is 11.6 Å². The minimum Gasteiger partial charge on any atom is -0.326 e. The van der Waals surface area contributed by atoms with Gasteiger partial charge < -0.3 is 10.2 Å². The van der Waals surface area contributed by atoms with Crippen LogP contribution in [0.5, 0.6) is 0 Å². The van der Waals surface area contributed by atoms with Crippen molar-refractivity contribution in [3.8, 4) is 0 Å². The number of anilines is 2. The fourth-order valence-electron chi connectivity index (χ4n) is 3.36. The topological polar surface area (TPSA) is 49.4 Å². The van der Waals surface area contributed by atoms with Crippen molar-refractivity contribution in [1.82, 2.24) is 0 Å². The van der Waals surface area contributed by atoms with Gasteiger partial charge in [-0.25, -0.2) is 0 Å². The summed E-state index contributed by atoms with van der Waals surface area (Å²) in [6.07, 6.45) is 0.203. The van der Waals surface area contributed by atoms with Crippen molar-refractivity contribution in [2.24, 2.45) is 5.92 Å². The maximum atomic E-state index is 12.8. The van der Waals surface area contributed by atoms with Gasteiger partial charge in [-0.15, -0.1) is 0 Å². The first kappa shape index (κ1) is 19.4. The summed E-state index contributed by atoms with van der Waals surface area (Å²) in [7, 11) is 0. The third-order valence-electron chi connectivity index (χ3n) is 4.96. The summed E-state index contributed by atoms with van der Waals surface area (Å²) in [5, 5.41) is 3.65. The fourth-order valence-corrected chi connectivity index (χ4v) is 3.54. The van der Waals surface area contributed by atoms with E-state index in [1.54, 1.807) is 11.0 Å². The Morgan fingerprint density at radius 1 is 1.19 bits per heavy atom. The van der Waals surface area contributed by atoms with Gasteiger partial charge in [0.2, 0.25) is 11.8 Å². The van der Waals surface area contributed by atoms with Gasteiger partial charge in [0.05, 0.1) is 5.92 Å². The molecule has 1 saturated heterocycles. The number of aryl methyl sites for hydroxylation is 1. The highest BCUT2D eigenvalue weighted by molar-refractivity contribution is 6.31. The van der Waals surface area contributed by atoms with E-state index in [-0.39, 0.29) is 29.6 Å². The number of para-hydroxylation sites is 1. The number of carbonyl (C=O) groups is 2. The number of amides is 2. The molecule has 0 radical (unpaired) electrons. The van der Waals surface area contributed by atoms with E-state index in [0.29, 0.717) is 11.6 Å². The van der Waals surface area contributed by atoms with Crippen LogP contribution in [0, 0.1) is 12.8 Å². The van der Waals surface area contributed by atoms with Crippen molar-refractivity contribution in [2.45, 2.75) is 39.5 Å². The molecule has 5 heteroatoms. The molecule has 0 spiro atoms. The van der Waals surface area contributed by atoms with Crippen LogP contribution in [0.15, 0.2) is 42.5 Å². The molecule has 27 heavy (non-hydrogen) atoms. The van der Waals surface area contributed by atoms with Crippen molar-refractivity contribution >= 4 is 34.8 Å². The minimum atomic E-state index is -0.384. The molecular formula is C22H25ClN2O2. The van der Waals surface area contributed by atoms with Gasteiger partial charge in [0, 0.05) is 29.4 Å². The third kappa shape index (κ3) is 4.16. The molecule has 2 aromatic rings. The Balaban J connectivity index is 1.76. The van der Waals surface area contributed by atoms with Crippen LogP contribution in [-0.2, 0) is 15.0 Å². The van der Waals surface area contributed by atoms with E-state index in [0.717, 1.165) is 22.5 Å². The quantitative estimate of drug-likeness (QED) is 0.814. The average molecular weight is 385 g/mol. The highest BCUT2D eigenvalue weighted by atomic mass is 35.5. The summed E-state index contributed by atoms with van der Waals surface area (Å²) < 4.78 is 0. The first-order chi connectivity index (χ1) is 12.7. The Morgan fingerprint density at radius 2 is 1.89 bits per heavy atom. The van der Waals surface area contributed by atoms with Crippen LogP contribution < -0.4 is 10.2 Å². The number of rotatable bonds is 3. The van der Waals surface area contributed by atoms with Crippen LogP contribution in [-0.4, -0.2) is 18.4 Å². The van der Waals surface area contributed by atoms with Gasteiger partial charge in [0.15, 0.2) is 0 Å². The third-order valence-corrected chi connectivity index (χ3v) is 5.36. The summed E-state index contributed by atoms with van der Waals surface area (Å²) in [5.74, 6) is -0.564. The lowest BCUT2D eigenvalue weighted by Gasteiger charge is -2.23. The van der Waals surface area contributed by atoms with Crippen LogP contribution in [0.1, 0.15) is 38.3 Å². The zero-order valence-electron chi connectivity index (χ0n) is 16.2. The Bertz CT molecular complexity index is 886. The fraction of sp³-hybridized carbons (Fsp3) is 0.364. The van der Waals surface area contributed by atoms with E-state index in [2.05, 4.69) is 26.1 Å². The number of carbonyl (C=O) groups excluding carboxylic acids is 2. The first-order valence-corrected chi connectivity index (χ1v) is 9.51. The molecule has 3 rings (SSSR count). The molecule has 1 fully saturated rings. The number of hydrogen-bond acceptors (Lipinski definition) is 2. The maximum Gasteiger partial charge on any atom is 0.229 e. The smallest absolute Gasteiger partial charge is 0.229 e. The normalized spacial score (nSPS) is 17.3. The second-order valence-electron chi connectivity index (χ2n) is 8.12. The molecule has 1 aliphatic rings. The molecule has 0 bridgehead atoms. The van der Waals surface area contributed by atoms with E-state index < -0.39 is 0 Å².